The predicted octanol–water partition coefficient (Wildman–Crippen LogP) is 3.37. The van der Waals surface area contributed by atoms with Crippen LogP contribution in [0.4, 0.5) is 0 Å². The summed E-state index contributed by atoms with van der Waals surface area (Å²) in [6.45, 7) is 10.3. The number of phenolic OH excluding ortho intramolecular Hbond substituents is 1. The summed E-state index contributed by atoms with van der Waals surface area (Å²) in [5.74, 6) is 2.55. The molecule has 3 N–H and O–H groups in total. The summed E-state index contributed by atoms with van der Waals surface area (Å²) in [7, 11) is 0. The molecule has 142 valence electrons. The maximum absolute atomic E-state index is 9.31. The van der Waals surface area contributed by atoms with Crippen molar-refractivity contribution in [2.24, 2.45) is 4.99 Å². The fourth-order valence-corrected chi connectivity index (χ4v) is 2.38. The van der Waals surface area contributed by atoms with Crippen molar-refractivity contribution < 1.29 is 9.52 Å². The Morgan fingerprint density at radius 2 is 1.92 bits per heavy atom. The number of aryl methyl sites for hydroxylation is 1. The normalized spacial score (nSPS) is 12.2. The highest BCUT2D eigenvalue weighted by Gasteiger charge is 2.18. The Morgan fingerprint density at radius 1 is 1.19 bits per heavy atom. The molecule has 0 spiro atoms. The molecule has 26 heavy (non-hydrogen) atoms. The standard InChI is InChI=1S/C20H30N4O2/c1-5-21-19(22-12-6-7-15-8-10-16(25)11-9-15)24-14-18-23-13-17(26-18)20(2,3)4/h8-11,13,25H,5-7,12,14H2,1-4H3,(H2,21,22,24). The van der Waals surface area contributed by atoms with Crippen molar-refractivity contribution in [1.82, 2.24) is 15.6 Å². The van der Waals surface area contributed by atoms with E-state index in [0.717, 1.165) is 37.7 Å². The molecule has 0 unspecified atom stereocenters. The van der Waals surface area contributed by atoms with Crippen molar-refractivity contribution in [3.63, 3.8) is 0 Å². The molecule has 0 radical (unpaired) electrons. The summed E-state index contributed by atoms with van der Waals surface area (Å²) in [6, 6.07) is 7.33. The van der Waals surface area contributed by atoms with E-state index in [9.17, 15) is 5.11 Å². The average molecular weight is 358 g/mol. The average Bonchev–Trinajstić information content (AvgIpc) is 3.07. The van der Waals surface area contributed by atoms with Gasteiger partial charge in [-0.3, -0.25) is 0 Å². The van der Waals surface area contributed by atoms with E-state index in [4.69, 9.17) is 4.42 Å². The zero-order valence-electron chi connectivity index (χ0n) is 16.2. The first kappa shape index (κ1) is 19.8. The predicted molar refractivity (Wildman–Crippen MR) is 104 cm³/mol. The molecule has 0 aliphatic rings. The maximum Gasteiger partial charge on any atom is 0.216 e. The van der Waals surface area contributed by atoms with E-state index in [2.05, 4.69) is 41.4 Å². The Morgan fingerprint density at radius 3 is 2.54 bits per heavy atom. The minimum absolute atomic E-state index is 0.0497. The van der Waals surface area contributed by atoms with Crippen molar-refractivity contribution in [3.05, 3.63) is 47.7 Å². The summed E-state index contributed by atoms with van der Waals surface area (Å²) in [5.41, 5.74) is 1.16. The Bertz CT molecular complexity index is 699. The first-order valence-electron chi connectivity index (χ1n) is 9.13. The lowest BCUT2D eigenvalue weighted by atomic mass is 9.94. The molecule has 0 bridgehead atoms. The van der Waals surface area contributed by atoms with E-state index in [1.165, 1.54) is 5.56 Å². The third kappa shape index (κ3) is 6.43. The summed E-state index contributed by atoms with van der Waals surface area (Å²) in [4.78, 5) is 8.85. The molecule has 0 atom stereocenters. The van der Waals surface area contributed by atoms with Crippen LogP contribution in [0.3, 0.4) is 0 Å². The molecule has 6 heteroatoms. The van der Waals surface area contributed by atoms with E-state index in [1.54, 1.807) is 18.3 Å². The molecule has 0 saturated heterocycles. The van der Waals surface area contributed by atoms with Crippen molar-refractivity contribution in [3.8, 4) is 5.75 Å². The Balaban J connectivity index is 1.82. The van der Waals surface area contributed by atoms with Crippen LogP contribution in [0.5, 0.6) is 5.75 Å². The molecule has 1 aromatic carbocycles. The highest BCUT2D eigenvalue weighted by Crippen LogP contribution is 2.22. The second-order valence-corrected chi connectivity index (χ2v) is 7.26. The zero-order chi connectivity index (χ0) is 19.0. The second kappa shape index (κ2) is 9.27. The first-order valence-corrected chi connectivity index (χ1v) is 9.13. The SMILES string of the molecule is CCNC(=NCc1ncc(C(C)(C)C)o1)NCCCc1ccc(O)cc1. The van der Waals surface area contributed by atoms with Crippen LogP contribution in [0.1, 0.15) is 51.3 Å². The number of hydrogen-bond acceptors (Lipinski definition) is 4. The van der Waals surface area contributed by atoms with Gasteiger partial charge < -0.3 is 20.2 Å². The highest BCUT2D eigenvalue weighted by molar-refractivity contribution is 5.79. The fourth-order valence-electron chi connectivity index (χ4n) is 2.38. The maximum atomic E-state index is 9.31. The number of aromatic hydroxyl groups is 1. The van der Waals surface area contributed by atoms with E-state index < -0.39 is 0 Å². The number of rotatable bonds is 7. The molecular weight excluding hydrogens is 328 g/mol. The van der Waals surface area contributed by atoms with Gasteiger partial charge in [-0.25, -0.2) is 9.98 Å². The topological polar surface area (TPSA) is 82.7 Å². The number of nitrogens with one attached hydrogen (secondary N) is 2. The van der Waals surface area contributed by atoms with Crippen LogP contribution in [-0.2, 0) is 18.4 Å². The smallest absolute Gasteiger partial charge is 0.216 e. The molecule has 0 amide bonds. The van der Waals surface area contributed by atoms with Crippen molar-refractivity contribution >= 4 is 5.96 Å². The molecule has 2 aromatic rings. The van der Waals surface area contributed by atoms with Crippen LogP contribution >= 0.6 is 0 Å². The van der Waals surface area contributed by atoms with Gasteiger partial charge in [0.05, 0.1) is 6.20 Å². The molecule has 0 saturated carbocycles. The summed E-state index contributed by atoms with van der Waals surface area (Å²) in [6.07, 6.45) is 3.70. The lowest BCUT2D eigenvalue weighted by Gasteiger charge is -2.13. The second-order valence-electron chi connectivity index (χ2n) is 7.26. The van der Waals surface area contributed by atoms with Gasteiger partial charge in [-0.1, -0.05) is 32.9 Å². The van der Waals surface area contributed by atoms with Gasteiger partial charge in [0.1, 0.15) is 18.1 Å². The third-order valence-electron chi connectivity index (χ3n) is 3.88. The van der Waals surface area contributed by atoms with E-state index in [1.807, 2.05) is 19.1 Å². The number of guanidine groups is 1. The number of phenols is 1. The quantitative estimate of drug-likeness (QED) is 0.402. The summed E-state index contributed by atoms with van der Waals surface area (Å²) < 4.78 is 5.78. The lowest BCUT2D eigenvalue weighted by molar-refractivity contribution is 0.383. The van der Waals surface area contributed by atoms with Crippen molar-refractivity contribution in [2.75, 3.05) is 13.1 Å². The number of hydrogen-bond donors (Lipinski definition) is 3. The van der Waals surface area contributed by atoms with Crippen LogP contribution in [0.2, 0.25) is 0 Å². The third-order valence-corrected chi connectivity index (χ3v) is 3.88. The van der Waals surface area contributed by atoms with Crippen LogP contribution in [-0.4, -0.2) is 29.1 Å². The molecular formula is C20H30N4O2. The van der Waals surface area contributed by atoms with Gasteiger partial charge in [-0.2, -0.15) is 0 Å². The first-order chi connectivity index (χ1) is 12.4. The molecule has 1 aromatic heterocycles. The fraction of sp³-hybridized carbons (Fsp3) is 0.500. The molecule has 0 aliphatic carbocycles. The van der Waals surface area contributed by atoms with Crippen LogP contribution in [0.25, 0.3) is 0 Å². The van der Waals surface area contributed by atoms with Gasteiger partial charge in [0, 0.05) is 18.5 Å². The summed E-state index contributed by atoms with van der Waals surface area (Å²) >= 11 is 0. The van der Waals surface area contributed by atoms with Crippen molar-refractivity contribution in [2.45, 2.75) is 52.5 Å². The number of oxazole rings is 1. The monoisotopic (exact) mass is 358 g/mol. The molecule has 0 fully saturated rings. The summed E-state index contributed by atoms with van der Waals surface area (Å²) in [5, 5.41) is 15.9. The number of aliphatic imine (C=N–C) groups is 1. The minimum Gasteiger partial charge on any atom is -0.508 e. The molecule has 2 rings (SSSR count). The van der Waals surface area contributed by atoms with Gasteiger partial charge >= 0.3 is 0 Å². The van der Waals surface area contributed by atoms with Crippen LogP contribution < -0.4 is 10.6 Å². The van der Waals surface area contributed by atoms with Crippen LogP contribution in [0.15, 0.2) is 39.9 Å². The van der Waals surface area contributed by atoms with Gasteiger partial charge in [0.25, 0.3) is 0 Å². The molecule has 1 heterocycles. The van der Waals surface area contributed by atoms with Crippen molar-refractivity contribution in [1.29, 1.82) is 0 Å². The molecule has 6 nitrogen and oxygen atoms in total. The van der Waals surface area contributed by atoms with Gasteiger partial charge in [-0.15, -0.1) is 0 Å². The largest absolute Gasteiger partial charge is 0.508 e. The Hall–Kier alpha value is -2.50. The number of benzene rings is 1. The zero-order valence-corrected chi connectivity index (χ0v) is 16.2. The van der Waals surface area contributed by atoms with Gasteiger partial charge in [0.15, 0.2) is 5.96 Å². The Labute approximate surface area is 155 Å². The number of aromatic nitrogens is 1. The Kier molecular flexibility index (Phi) is 7.06. The van der Waals surface area contributed by atoms with Gasteiger partial charge in [-0.05, 0) is 37.5 Å². The highest BCUT2D eigenvalue weighted by atomic mass is 16.4. The van der Waals surface area contributed by atoms with E-state index >= 15 is 0 Å². The van der Waals surface area contributed by atoms with Gasteiger partial charge in [0.2, 0.25) is 5.89 Å². The van der Waals surface area contributed by atoms with Crippen LogP contribution in [0, 0.1) is 0 Å². The minimum atomic E-state index is -0.0497. The lowest BCUT2D eigenvalue weighted by Crippen LogP contribution is -2.37. The van der Waals surface area contributed by atoms with E-state index in [0.29, 0.717) is 18.2 Å². The van der Waals surface area contributed by atoms with E-state index in [-0.39, 0.29) is 5.41 Å². The molecule has 0 aliphatic heterocycles. The number of nitrogens with zero attached hydrogens (tertiary/aromatic N) is 2.